The zero-order valence-corrected chi connectivity index (χ0v) is 13.1. The van der Waals surface area contributed by atoms with Crippen molar-refractivity contribution in [3.05, 3.63) is 38.9 Å². The molecule has 0 aromatic heterocycles. The van der Waals surface area contributed by atoms with E-state index in [0.717, 1.165) is 32.2 Å². The van der Waals surface area contributed by atoms with E-state index in [-0.39, 0.29) is 10.6 Å². The first-order valence-electron chi connectivity index (χ1n) is 7.43. The normalized spacial score (nSPS) is 22.5. The first-order chi connectivity index (χ1) is 10.0. The quantitative estimate of drug-likeness (QED) is 0.668. The van der Waals surface area contributed by atoms with Crippen LogP contribution in [-0.4, -0.2) is 28.5 Å². The van der Waals surface area contributed by atoms with Crippen LogP contribution in [0.2, 0.25) is 5.02 Å². The summed E-state index contributed by atoms with van der Waals surface area (Å²) in [5.41, 5.74) is 6.78. The van der Waals surface area contributed by atoms with Crippen molar-refractivity contribution in [2.24, 2.45) is 5.73 Å². The van der Waals surface area contributed by atoms with E-state index in [1.165, 1.54) is 6.07 Å². The van der Waals surface area contributed by atoms with Gasteiger partial charge in [0.05, 0.1) is 4.92 Å². The Morgan fingerprint density at radius 1 is 1.38 bits per heavy atom. The van der Waals surface area contributed by atoms with Crippen molar-refractivity contribution in [1.82, 2.24) is 4.90 Å². The lowest BCUT2D eigenvalue weighted by Crippen LogP contribution is -2.40. The van der Waals surface area contributed by atoms with E-state index in [0.29, 0.717) is 29.2 Å². The van der Waals surface area contributed by atoms with Gasteiger partial charge in [-0.1, -0.05) is 18.5 Å². The molecule has 0 atom stereocenters. The summed E-state index contributed by atoms with van der Waals surface area (Å²) in [5.74, 6) is 0. The van der Waals surface area contributed by atoms with Crippen LogP contribution in [-0.2, 0) is 6.54 Å². The molecular formula is C15H22ClN3O2. The van der Waals surface area contributed by atoms with Gasteiger partial charge in [-0.05, 0) is 44.4 Å². The number of halogens is 1. The second-order valence-electron chi connectivity index (χ2n) is 5.66. The third kappa shape index (κ3) is 4.15. The van der Waals surface area contributed by atoms with Crippen LogP contribution in [0.4, 0.5) is 5.69 Å². The minimum atomic E-state index is -0.337. The number of nitro benzene ring substituents is 1. The number of nitrogens with two attached hydrogens (primary N) is 1. The van der Waals surface area contributed by atoms with Crippen molar-refractivity contribution in [3.63, 3.8) is 0 Å². The fourth-order valence-corrected chi connectivity index (χ4v) is 3.24. The van der Waals surface area contributed by atoms with E-state index in [2.05, 4.69) is 11.8 Å². The van der Waals surface area contributed by atoms with Crippen LogP contribution in [0.5, 0.6) is 0 Å². The average Bonchev–Trinajstić information content (AvgIpc) is 2.45. The van der Waals surface area contributed by atoms with Gasteiger partial charge in [-0.2, -0.15) is 0 Å². The Morgan fingerprint density at radius 2 is 2.05 bits per heavy atom. The average molecular weight is 312 g/mol. The van der Waals surface area contributed by atoms with E-state index >= 15 is 0 Å². The fraction of sp³-hybridized carbons (Fsp3) is 0.600. The molecule has 0 saturated heterocycles. The predicted octanol–water partition coefficient (Wildman–Crippen LogP) is 3.34. The van der Waals surface area contributed by atoms with Gasteiger partial charge in [-0.15, -0.1) is 0 Å². The van der Waals surface area contributed by atoms with Gasteiger partial charge in [0, 0.05) is 35.3 Å². The van der Waals surface area contributed by atoms with Crippen molar-refractivity contribution >= 4 is 17.3 Å². The minimum Gasteiger partial charge on any atom is -0.328 e. The van der Waals surface area contributed by atoms with Crippen LogP contribution in [0.1, 0.15) is 38.2 Å². The fourth-order valence-electron chi connectivity index (χ4n) is 3.04. The summed E-state index contributed by atoms with van der Waals surface area (Å²) in [7, 11) is 0. The molecule has 5 nitrogen and oxygen atoms in total. The maximum absolute atomic E-state index is 11.1. The number of hydrogen-bond acceptors (Lipinski definition) is 4. The Balaban J connectivity index is 2.14. The summed E-state index contributed by atoms with van der Waals surface area (Å²) in [6, 6.07) is 5.52. The van der Waals surface area contributed by atoms with Crippen LogP contribution >= 0.6 is 11.6 Å². The first kappa shape index (κ1) is 16.2. The number of rotatable bonds is 5. The summed E-state index contributed by atoms with van der Waals surface area (Å²) in [4.78, 5) is 13.1. The van der Waals surface area contributed by atoms with Crippen LogP contribution in [0.25, 0.3) is 0 Å². The van der Waals surface area contributed by atoms with Gasteiger partial charge in [0.15, 0.2) is 0 Å². The lowest BCUT2D eigenvalue weighted by molar-refractivity contribution is -0.385. The van der Waals surface area contributed by atoms with Gasteiger partial charge >= 0.3 is 0 Å². The summed E-state index contributed by atoms with van der Waals surface area (Å²) in [6.45, 7) is 3.52. The molecule has 1 aliphatic carbocycles. The second kappa shape index (κ2) is 7.20. The topological polar surface area (TPSA) is 72.4 Å². The van der Waals surface area contributed by atoms with Crippen molar-refractivity contribution in [3.8, 4) is 0 Å². The number of nitrogens with zero attached hydrogens (tertiary/aromatic N) is 2. The van der Waals surface area contributed by atoms with Crippen molar-refractivity contribution in [1.29, 1.82) is 0 Å². The Kier molecular flexibility index (Phi) is 5.56. The van der Waals surface area contributed by atoms with Gasteiger partial charge in [0.25, 0.3) is 5.69 Å². The van der Waals surface area contributed by atoms with Crippen LogP contribution in [0.3, 0.4) is 0 Å². The number of benzene rings is 1. The number of nitro groups is 1. The van der Waals surface area contributed by atoms with Gasteiger partial charge in [-0.3, -0.25) is 15.0 Å². The molecule has 1 aromatic carbocycles. The molecule has 0 aliphatic heterocycles. The van der Waals surface area contributed by atoms with Gasteiger partial charge < -0.3 is 5.73 Å². The van der Waals surface area contributed by atoms with E-state index in [1.807, 2.05) is 0 Å². The van der Waals surface area contributed by atoms with Crippen molar-refractivity contribution in [2.75, 3.05) is 6.54 Å². The van der Waals surface area contributed by atoms with E-state index < -0.39 is 0 Å². The Bertz CT molecular complexity index is 502. The maximum atomic E-state index is 11.1. The molecule has 0 amide bonds. The van der Waals surface area contributed by atoms with Gasteiger partial charge in [0.2, 0.25) is 0 Å². The van der Waals surface area contributed by atoms with Crippen LogP contribution in [0, 0.1) is 10.1 Å². The molecule has 2 rings (SSSR count). The van der Waals surface area contributed by atoms with Crippen LogP contribution in [0.15, 0.2) is 18.2 Å². The molecule has 0 heterocycles. The van der Waals surface area contributed by atoms with Crippen molar-refractivity contribution in [2.45, 2.75) is 51.2 Å². The summed E-state index contributed by atoms with van der Waals surface area (Å²) >= 11 is 6.00. The molecule has 0 unspecified atom stereocenters. The highest BCUT2D eigenvalue weighted by molar-refractivity contribution is 6.30. The molecule has 0 radical (unpaired) electrons. The highest BCUT2D eigenvalue weighted by Crippen LogP contribution is 2.28. The molecule has 2 N–H and O–H groups in total. The smallest absolute Gasteiger partial charge is 0.273 e. The maximum Gasteiger partial charge on any atom is 0.273 e. The first-order valence-corrected chi connectivity index (χ1v) is 7.81. The third-order valence-electron chi connectivity index (χ3n) is 4.28. The molecule has 1 fully saturated rings. The van der Waals surface area contributed by atoms with Crippen LogP contribution < -0.4 is 5.73 Å². The predicted molar refractivity (Wildman–Crippen MR) is 84.4 cm³/mol. The van der Waals surface area contributed by atoms with E-state index in [4.69, 9.17) is 17.3 Å². The molecular weight excluding hydrogens is 290 g/mol. The third-order valence-corrected chi connectivity index (χ3v) is 4.51. The standard InChI is InChI=1S/C15H22ClN3O2/c1-2-18(14-6-4-13(17)5-7-14)10-11-9-12(16)3-8-15(11)19(20)21/h3,8-9,13-14H,2,4-7,10,17H2,1H3. The molecule has 1 saturated carbocycles. The van der Waals surface area contributed by atoms with Crippen molar-refractivity contribution < 1.29 is 4.92 Å². The number of hydrogen-bond donors (Lipinski definition) is 1. The molecule has 0 bridgehead atoms. The summed E-state index contributed by atoms with van der Waals surface area (Å²) < 4.78 is 0. The van der Waals surface area contributed by atoms with E-state index in [1.54, 1.807) is 12.1 Å². The minimum absolute atomic E-state index is 0.144. The lowest BCUT2D eigenvalue weighted by Gasteiger charge is -2.35. The summed E-state index contributed by atoms with van der Waals surface area (Å²) in [6.07, 6.45) is 4.17. The molecule has 1 aromatic rings. The largest absolute Gasteiger partial charge is 0.328 e. The molecule has 116 valence electrons. The highest BCUT2D eigenvalue weighted by Gasteiger charge is 2.25. The zero-order chi connectivity index (χ0) is 15.4. The Morgan fingerprint density at radius 3 is 2.62 bits per heavy atom. The highest BCUT2D eigenvalue weighted by atomic mass is 35.5. The molecule has 1 aliphatic rings. The zero-order valence-electron chi connectivity index (χ0n) is 12.3. The molecule has 0 spiro atoms. The monoisotopic (exact) mass is 311 g/mol. The second-order valence-corrected chi connectivity index (χ2v) is 6.10. The Labute approximate surface area is 130 Å². The van der Waals surface area contributed by atoms with E-state index in [9.17, 15) is 10.1 Å². The summed E-state index contributed by atoms with van der Waals surface area (Å²) in [5, 5.41) is 11.7. The van der Waals surface area contributed by atoms with Gasteiger partial charge in [0.1, 0.15) is 0 Å². The molecule has 6 heteroatoms. The van der Waals surface area contributed by atoms with Gasteiger partial charge in [-0.25, -0.2) is 0 Å². The molecule has 21 heavy (non-hydrogen) atoms. The lowest BCUT2D eigenvalue weighted by atomic mass is 9.90. The SMILES string of the molecule is CCN(Cc1cc(Cl)ccc1[N+](=O)[O-])C1CCC(N)CC1. The Hall–Kier alpha value is -1.17.